The predicted molar refractivity (Wildman–Crippen MR) is 361 cm³/mol. The molecule has 404 valence electrons. The molecule has 0 amide bonds. The Hall–Kier alpha value is -11.1. The van der Waals surface area contributed by atoms with E-state index in [0.717, 1.165) is 55.5 Å². The van der Waals surface area contributed by atoms with Gasteiger partial charge in [0.2, 0.25) is 0 Å². The van der Waals surface area contributed by atoms with Crippen molar-refractivity contribution in [3.8, 4) is 107 Å². The highest BCUT2D eigenvalue weighted by molar-refractivity contribution is 7.26. The Morgan fingerprint density at radius 3 is 1.43 bits per heavy atom. The molecule has 0 unspecified atom stereocenters. The molecule has 0 atom stereocenters. The van der Waals surface area contributed by atoms with Crippen LogP contribution in [-0.2, 0) is 5.41 Å². The number of fused-ring (bicyclic) bond motifs is 16. The zero-order valence-corrected chi connectivity index (χ0v) is 47.9. The normalized spacial score (nSPS) is 12.7. The van der Waals surface area contributed by atoms with E-state index < -0.39 is 5.41 Å². The van der Waals surface area contributed by atoms with E-state index >= 15 is 0 Å². The van der Waals surface area contributed by atoms with Crippen LogP contribution in [0.25, 0.3) is 149 Å². The van der Waals surface area contributed by atoms with Crippen LogP contribution in [0.15, 0.2) is 303 Å². The number of aromatic nitrogens is 4. The lowest BCUT2D eigenvalue weighted by Gasteiger charge is -2.30. The Morgan fingerprint density at radius 2 is 0.724 bits per heavy atom. The summed E-state index contributed by atoms with van der Waals surface area (Å²) in [7, 11) is 0. The number of nitrogens with zero attached hydrogens (tertiary/aromatic N) is 4. The zero-order valence-electron chi connectivity index (χ0n) is 47.1. The molecule has 0 saturated heterocycles. The van der Waals surface area contributed by atoms with Gasteiger partial charge < -0.3 is 4.57 Å². The summed E-state index contributed by atoms with van der Waals surface area (Å²) in [6.07, 6.45) is 0. The molecule has 0 N–H and O–H groups in total. The Morgan fingerprint density at radius 1 is 0.264 bits per heavy atom. The van der Waals surface area contributed by atoms with Crippen molar-refractivity contribution in [3.05, 3.63) is 326 Å². The van der Waals surface area contributed by atoms with Gasteiger partial charge in [0.15, 0.2) is 17.5 Å². The molecular formula is C82H50N4S. The van der Waals surface area contributed by atoms with Crippen molar-refractivity contribution in [1.82, 2.24) is 19.5 Å². The molecule has 16 aromatic rings. The zero-order chi connectivity index (χ0) is 57.2. The summed E-state index contributed by atoms with van der Waals surface area (Å²) in [6, 6.07) is 111. The topological polar surface area (TPSA) is 43.6 Å². The second-order valence-corrected chi connectivity index (χ2v) is 24.0. The molecule has 87 heavy (non-hydrogen) atoms. The number of para-hydroxylation sites is 1. The van der Waals surface area contributed by atoms with Gasteiger partial charge >= 0.3 is 0 Å². The summed E-state index contributed by atoms with van der Waals surface area (Å²) in [5.74, 6) is 1.88. The summed E-state index contributed by atoms with van der Waals surface area (Å²) in [6.45, 7) is 0. The van der Waals surface area contributed by atoms with Crippen LogP contribution in [0.5, 0.6) is 0 Å². The van der Waals surface area contributed by atoms with Gasteiger partial charge in [-0.05, 0) is 150 Å². The van der Waals surface area contributed by atoms with E-state index in [2.05, 4.69) is 290 Å². The summed E-state index contributed by atoms with van der Waals surface area (Å²) >= 11 is 1.81. The van der Waals surface area contributed by atoms with Gasteiger partial charge in [0.05, 0.1) is 22.1 Å². The summed E-state index contributed by atoms with van der Waals surface area (Å²) in [5, 5.41) is 4.74. The largest absolute Gasteiger partial charge is 0.309 e. The lowest BCUT2D eigenvalue weighted by atomic mass is 9.70. The number of hydrogen-bond acceptors (Lipinski definition) is 4. The van der Waals surface area contributed by atoms with Crippen molar-refractivity contribution in [1.29, 1.82) is 0 Å². The lowest BCUT2D eigenvalue weighted by molar-refractivity contribution is 0.793. The lowest BCUT2D eigenvalue weighted by Crippen LogP contribution is -2.25. The fraction of sp³-hybridized carbons (Fsp3) is 0.0122. The molecule has 0 fully saturated rings. The highest BCUT2D eigenvalue weighted by atomic mass is 32.1. The van der Waals surface area contributed by atoms with Crippen molar-refractivity contribution < 1.29 is 0 Å². The monoisotopic (exact) mass is 1120 g/mol. The van der Waals surface area contributed by atoms with Crippen molar-refractivity contribution in [2.75, 3.05) is 0 Å². The fourth-order valence-corrected chi connectivity index (χ4v) is 15.6. The van der Waals surface area contributed by atoms with Crippen LogP contribution in [0.3, 0.4) is 0 Å². The molecule has 13 aromatic carbocycles. The van der Waals surface area contributed by atoms with E-state index in [0.29, 0.717) is 17.5 Å². The molecular weight excluding hydrogens is 1070 g/mol. The fourth-order valence-electron chi connectivity index (χ4n) is 14.5. The minimum absolute atomic E-state index is 0.432. The van der Waals surface area contributed by atoms with Gasteiger partial charge in [-0.3, -0.25) is 0 Å². The van der Waals surface area contributed by atoms with Crippen molar-refractivity contribution >= 4 is 53.3 Å². The SMILES string of the molecule is c1ccc(-c2cc(-c3ccccc3)cc(-c3cccc(-c4nc(-c5ccccc5)nc(-c5cccc6sc7ccc(-c8ccc9c(c8)c8ccccc8n9-c8cccc9c8-c8ccccc8C98c9ccccc9-c9ccccc98)cc7c56)n4)c3)c2)cc1. The summed E-state index contributed by atoms with van der Waals surface area (Å²) in [4.78, 5) is 16.0. The van der Waals surface area contributed by atoms with Crippen LogP contribution < -0.4 is 0 Å². The predicted octanol–water partition coefficient (Wildman–Crippen LogP) is 21.3. The summed E-state index contributed by atoms with van der Waals surface area (Å²) < 4.78 is 4.91. The number of thiophene rings is 1. The third-order valence-electron chi connectivity index (χ3n) is 18.3. The van der Waals surface area contributed by atoms with E-state index in [1.54, 1.807) is 0 Å². The number of benzene rings is 13. The molecule has 1 spiro atoms. The molecule has 0 aliphatic heterocycles. The maximum absolute atomic E-state index is 5.43. The van der Waals surface area contributed by atoms with E-state index in [1.807, 2.05) is 29.5 Å². The van der Waals surface area contributed by atoms with Crippen molar-refractivity contribution in [2.45, 2.75) is 5.41 Å². The van der Waals surface area contributed by atoms with Crippen LogP contribution >= 0.6 is 11.3 Å². The van der Waals surface area contributed by atoms with Gasteiger partial charge in [0.25, 0.3) is 0 Å². The smallest absolute Gasteiger partial charge is 0.164 e. The Kier molecular flexibility index (Phi) is 11.0. The maximum Gasteiger partial charge on any atom is 0.164 e. The van der Waals surface area contributed by atoms with Gasteiger partial charge in [0, 0.05) is 53.2 Å². The van der Waals surface area contributed by atoms with Crippen molar-refractivity contribution in [3.63, 3.8) is 0 Å². The van der Waals surface area contributed by atoms with E-state index in [9.17, 15) is 0 Å². The van der Waals surface area contributed by atoms with Gasteiger partial charge in [-0.2, -0.15) is 0 Å². The number of rotatable bonds is 8. The maximum atomic E-state index is 5.43. The molecule has 2 aliphatic carbocycles. The average Bonchev–Trinajstić information content (AvgIpc) is 1.56. The molecule has 0 radical (unpaired) electrons. The Bertz CT molecular complexity index is 5360. The first-order chi connectivity index (χ1) is 43.1. The van der Waals surface area contributed by atoms with Gasteiger partial charge in [-0.15, -0.1) is 11.3 Å². The average molecular weight is 1120 g/mol. The van der Waals surface area contributed by atoms with E-state index in [1.165, 1.54) is 97.9 Å². The molecule has 4 nitrogen and oxygen atoms in total. The Balaban J connectivity index is 0.769. The molecule has 5 heteroatoms. The first-order valence-corrected chi connectivity index (χ1v) is 30.5. The first-order valence-electron chi connectivity index (χ1n) is 29.7. The van der Waals surface area contributed by atoms with E-state index in [-0.39, 0.29) is 0 Å². The molecule has 2 aliphatic rings. The van der Waals surface area contributed by atoms with Crippen LogP contribution in [0.2, 0.25) is 0 Å². The molecule has 0 bridgehead atoms. The highest BCUT2D eigenvalue weighted by Crippen LogP contribution is 2.64. The minimum atomic E-state index is -0.432. The van der Waals surface area contributed by atoms with Gasteiger partial charge in [0.1, 0.15) is 0 Å². The first kappa shape index (κ1) is 49.3. The number of hydrogen-bond donors (Lipinski definition) is 0. The molecule has 18 rings (SSSR count). The van der Waals surface area contributed by atoms with Crippen LogP contribution in [0, 0.1) is 0 Å². The molecule has 0 saturated carbocycles. The quantitative estimate of drug-likeness (QED) is 0.152. The molecule has 3 aromatic heterocycles. The van der Waals surface area contributed by atoms with Crippen LogP contribution in [0.4, 0.5) is 0 Å². The second-order valence-electron chi connectivity index (χ2n) is 22.9. The Labute approximate surface area is 507 Å². The highest BCUT2D eigenvalue weighted by Gasteiger charge is 2.52. The third kappa shape index (κ3) is 7.59. The third-order valence-corrected chi connectivity index (χ3v) is 19.4. The standard InChI is InChI=1S/C82H50N4S/c1-4-21-51(22-5-1)58-46-59(52-23-6-2-7-24-52)48-60(47-58)54-27-18-28-57(45-54)80-83-79(53-25-8-3-9-26-53)84-81(85-80)65-33-19-40-76-77(65)67-50-56(42-44-75(67)87-76)55-41-43-73-66(49-55)63-31-13-17-38-72(63)86(73)74-39-20-37-71-78(74)64-32-12-16-36-70(64)82(71)68-34-14-10-29-61(68)62-30-11-15-35-69(62)82/h1-50H. The van der Waals surface area contributed by atoms with Crippen LogP contribution in [0.1, 0.15) is 22.3 Å². The van der Waals surface area contributed by atoms with Crippen LogP contribution in [-0.4, -0.2) is 19.5 Å². The van der Waals surface area contributed by atoms with Gasteiger partial charge in [-0.1, -0.05) is 237 Å². The summed E-state index contributed by atoms with van der Waals surface area (Å²) in [5.41, 5.74) is 25.6. The van der Waals surface area contributed by atoms with Crippen molar-refractivity contribution in [2.24, 2.45) is 0 Å². The van der Waals surface area contributed by atoms with Gasteiger partial charge in [-0.25, -0.2) is 15.0 Å². The minimum Gasteiger partial charge on any atom is -0.309 e. The molecule has 3 heterocycles. The second kappa shape index (κ2) is 19.5. The van der Waals surface area contributed by atoms with E-state index in [4.69, 9.17) is 15.0 Å².